The van der Waals surface area contributed by atoms with Crippen LogP contribution in [-0.2, 0) is 16.1 Å². The fraction of sp³-hybridized carbons (Fsp3) is 0.200. The van der Waals surface area contributed by atoms with Crippen LogP contribution in [0.5, 0.6) is 0 Å². The summed E-state index contributed by atoms with van der Waals surface area (Å²) in [6, 6.07) is 15.1. The standard InChI is InChI=1S/C20H18ClN3O2/c21-15-6-4-13(5-7-15)11-24-12-14(10-19(24)25)20(26)23-18-3-1-2-17-16(18)8-9-22-17/h1-9,14,22H,10-12H2,(H,23,26)/t14-/m1/s1. The molecule has 1 atom stereocenters. The van der Waals surface area contributed by atoms with Gasteiger partial charge in [-0.25, -0.2) is 0 Å². The van der Waals surface area contributed by atoms with Crippen LogP contribution in [0.1, 0.15) is 12.0 Å². The van der Waals surface area contributed by atoms with E-state index in [1.54, 1.807) is 17.0 Å². The maximum absolute atomic E-state index is 12.7. The number of anilines is 1. The molecule has 6 heteroatoms. The van der Waals surface area contributed by atoms with Crippen LogP contribution in [0, 0.1) is 5.92 Å². The van der Waals surface area contributed by atoms with Crippen molar-refractivity contribution in [2.24, 2.45) is 5.92 Å². The molecule has 2 aromatic carbocycles. The van der Waals surface area contributed by atoms with Crippen LogP contribution in [0.2, 0.25) is 5.02 Å². The number of aromatic amines is 1. The molecule has 132 valence electrons. The topological polar surface area (TPSA) is 65.2 Å². The molecule has 2 N–H and O–H groups in total. The first kappa shape index (κ1) is 16.7. The number of benzene rings is 2. The lowest BCUT2D eigenvalue weighted by Crippen LogP contribution is -2.28. The Kier molecular flexibility index (Phi) is 4.39. The van der Waals surface area contributed by atoms with E-state index in [2.05, 4.69) is 10.3 Å². The van der Waals surface area contributed by atoms with Crippen molar-refractivity contribution in [1.82, 2.24) is 9.88 Å². The summed E-state index contributed by atoms with van der Waals surface area (Å²) in [5.41, 5.74) is 2.73. The highest BCUT2D eigenvalue weighted by molar-refractivity contribution is 6.30. The Hall–Kier alpha value is -2.79. The Morgan fingerprint density at radius 2 is 2.00 bits per heavy atom. The molecule has 26 heavy (non-hydrogen) atoms. The first-order chi connectivity index (χ1) is 12.6. The molecule has 1 fully saturated rings. The molecule has 1 aliphatic heterocycles. The second-order valence-corrected chi connectivity index (χ2v) is 6.97. The number of carbonyl (C=O) groups is 2. The van der Waals surface area contributed by atoms with E-state index >= 15 is 0 Å². The number of carbonyl (C=O) groups excluding carboxylic acids is 2. The molecule has 2 amide bonds. The van der Waals surface area contributed by atoms with Gasteiger partial charge in [0.25, 0.3) is 0 Å². The van der Waals surface area contributed by atoms with Crippen molar-refractivity contribution in [1.29, 1.82) is 0 Å². The number of aromatic nitrogens is 1. The lowest BCUT2D eigenvalue weighted by Gasteiger charge is -2.17. The van der Waals surface area contributed by atoms with E-state index in [4.69, 9.17) is 11.6 Å². The highest BCUT2D eigenvalue weighted by Crippen LogP contribution is 2.26. The molecular formula is C20H18ClN3O2. The van der Waals surface area contributed by atoms with Gasteiger partial charge in [-0.2, -0.15) is 0 Å². The van der Waals surface area contributed by atoms with E-state index in [0.29, 0.717) is 18.1 Å². The highest BCUT2D eigenvalue weighted by Gasteiger charge is 2.34. The number of nitrogens with zero attached hydrogens (tertiary/aromatic N) is 1. The summed E-state index contributed by atoms with van der Waals surface area (Å²) in [6.07, 6.45) is 2.08. The van der Waals surface area contributed by atoms with Crippen molar-refractivity contribution in [2.45, 2.75) is 13.0 Å². The molecule has 2 heterocycles. The van der Waals surface area contributed by atoms with Crippen molar-refractivity contribution in [2.75, 3.05) is 11.9 Å². The van der Waals surface area contributed by atoms with Gasteiger partial charge in [0.1, 0.15) is 0 Å². The SMILES string of the molecule is O=C(Nc1cccc2[nH]ccc12)[C@@H]1CC(=O)N(Cc2ccc(Cl)cc2)C1. The van der Waals surface area contributed by atoms with Gasteiger partial charge in [-0.15, -0.1) is 0 Å². The highest BCUT2D eigenvalue weighted by atomic mass is 35.5. The average molecular weight is 368 g/mol. The zero-order valence-corrected chi connectivity index (χ0v) is 14.8. The Labute approximate surface area is 155 Å². The number of H-pyrrole nitrogens is 1. The maximum Gasteiger partial charge on any atom is 0.229 e. The van der Waals surface area contributed by atoms with Crippen LogP contribution >= 0.6 is 11.6 Å². The molecule has 0 aliphatic carbocycles. The molecule has 3 aromatic rings. The molecule has 5 nitrogen and oxygen atoms in total. The van der Waals surface area contributed by atoms with Gasteiger partial charge in [0.05, 0.1) is 11.6 Å². The third-order valence-corrected chi connectivity index (χ3v) is 4.98. The molecule has 0 spiro atoms. The smallest absolute Gasteiger partial charge is 0.229 e. The van der Waals surface area contributed by atoms with Gasteiger partial charge in [-0.05, 0) is 35.9 Å². The first-order valence-corrected chi connectivity index (χ1v) is 8.87. The molecular weight excluding hydrogens is 350 g/mol. The van der Waals surface area contributed by atoms with Gasteiger partial charge in [0.2, 0.25) is 11.8 Å². The van der Waals surface area contributed by atoms with E-state index in [0.717, 1.165) is 22.2 Å². The van der Waals surface area contributed by atoms with E-state index in [1.807, 2.05) is 42.6 Å². The monoisotopic (exact) mass is 367 g/mol. The zero-order valence-electron chi connectivity index (χ0n) is 14.0. The number of fused-ring (bicyclic) bond motifs is 1. The Balaban J connectivity index is 1.43. The number of likely N-dealkylation sites (tertiary alicyclic amines) is 1. The van der Waals surface area contributed by atoms with Crippen LogP contribution in [0.3, 0.4) is 0 Å². The minimum absolute atomic E-state index is 0.0000435. The fourth-order valence-electron chi connectivity index (χ4n) is 3.34. The summed E-state index contributed by atoms with van der Waals surface area (Å²) in [6.45, 7) is 0.920. The Morgan fingerprint density at radius 1 is 1.19 bits per heavy atom. The number of hydrogen-bond acceptors (Lipinski definition) is 2. The summed E-state index contributed by atoms with van der Waals surface area (Å²) < 4.78 is 0. The van der Waals surface area contributed by atoms with Gasteiger partial charge in [0.15, 0.2) is 0 Å². The minimum atomic E-state index is -0.344. The minimum Gasteiger partial charge on any atom is -0.361 e. The lowest BCUT2D eigenvalue weighted by atomic mass is 10.1. The quantitative estimate of drug-likeness (QED) is 0.736. The molecule has 0 unspecified atom stereocenters. The predicted octanol–water partition coefficient (Wildman–Crippen LogP) is 3.81. The Bertz CT molecular complexity index is 965. The van der Waals surface area contributed by atoms with Crippen LogP contribution in [-0.4, -0.2) is 28.2 Å². The van der Waals surface area contributed by atoms with E-state index in [9.17, 15) is 9.59 Å². The van der Waals surface area contributed by atoms with Gasteiger partial charge in [-0.3, -0.25) is 9.59 Å². The third kappa shape index (κ3) is 3.30. The number of halogens is 1. The predicted molar refractivity (Wildman–Crippen MR) is 102 cm³/mol. The number of rotatable bonds is 4. The molecule has 0 saturated carbocycles. The molecule has 0 radical (unpaired) electrons. The molecule has 4 rings (SSSR count). The summed E-state index contributed by atoms with van der Waals surface area (Å²) in [5, 5.41) is 4.60. The Morgan fingerprint density at radius 3 is 2.81 bits per heavy atom. The van der Waals surface area contributed by atoms with Crippen molar-refractivity contribution in [3.05, 3.63) is 65.3 Å². The summed E-state index contributed by atoms with van der Waals surface area (Å²) in [7, 11) is 0. The zero-order chi connectivity index (χ0) is 18.1. The summed E-state index contributed by atoms with van der Waals surface area (Å²) >= 11 is 5.90. The normalized spacial score (nSPS) is 17.0. The average Bonchev–Trinajstić information content (AvgIpc) is 3.25. The molecule has 1 aromatic heterocycles. The maximum atomic E-state index is 12.7. The lowest BCUT2D eigenvalue weighted by molar-refractivity contribution is -0.128. The van der Waals surface area contributed by atoms with Crippen molar-refractivity contribution < 1.29 is 9.59 Å². The molecule has 1 saturated heterocycles. The number of amides is 2. The largest absolute Gasteiger partial charge is 0.361 e. The number of nitrogens with one attached hydrogen (secondary N) is 2. The number of hydrogen-bond donors (Lipinski definition) is 2. The van der Waals surface area contributed by atoms with Crippen molar-refractivity contribution >= 4 is 40.0 Å². The summed E-state index contributed by atoms with van der Waals surface area (Å²) in [4.78, 5) is 29.8. The second-order valence-electron chi connectivity index (χ2n) is 6.54. The second kappa shape index (κ2) is 6.84. The van der Waals surface area contributed by atoms with Gasteiger partial charge >= 0.3 is 0 Å². The van der Waals surface area contributed by atoms with E-state index < -0.39 is 0 Å². The van der Waals surface area contributed by atoms with Crippen molar-refractivity contribution in [3.63, 3.8) is 0 Å². The molecule has 1 aliphatic rings. The van der Waals surface area contributed by atoms with Crippen LogP contribution in [0.15, 0.2) is 54.7 Å². The van der Waals surface area contributed by atoms with Gasteiger partial charge in [0, 0.05) is 41.6 Å². The van der Waals surface area contributed by atoms with Crippen LogP contribution in [0.25, 0.3) is 10.9 Å². The summed E-state index contributed by atoms with van der Waals surface area (Å²) in [5.74, 6) is -0.463. The van der Waals surface area contributed by atoms with Gasteiger partial charge < -0.3 is 15.2 Å². The third-order valence-electron chi connectivity index (χ3n) is 4.72. The molecule has 0 bridgehead atoms. The van der Waals surface area contributed by atoms with Crippen molar-refractivity contribution in [3.8, 4) is 0 Å². The van der Waals surface area contributed by atoms with E-state index in [-0.39, 0.29) is 24.2 Å². The fourth-order valence-corrected chi connectivity index (χ4v) is 3.47. The first-order valence-electron chi connectivity index (χ1n) is 8.49. The van der Waals surface area contributed by atoms with Crippen LogP contribution in [0.4, 0.5) is 5.69 Å². The van der Waals surface area contributed by atoms with Crippen LogP contribution < -0.4 is 5.32 Å². The van der Waals surface area contributed by atoms with Gasteiger partial charge in [-0.1, -0.05) is 29.8 Å². The van der Waals surface area contributed by atoms with E-state index in [1.165, 1.54) is 0 Å².